The SMILES string of the molecule is O=C(Cc1noc(-c2cc(Cl)ccc2Cl)n1)Nc1ccccc1Cl. The Balaban J connectivity index is 1.73. The number of nitrogens with one attached hydrogen (secondary N) is 1. The second-order valence-corrected chi connectivity index (χ2v) is 6.10. The Hall–Kier alpha value is -2.08. The van der Waals surface area contributed by atoms with Gasteiger partial charge in [0.1, 0.15) is 0 Å². The zero-order chi connectivity index (χ0) is 17.1. The molecular formula is C16H10Cl3N3O2. The molecule has 0 aliphatic heterocycles. The van der Waals surface area contributed by atoms with E-state index in [0.717, 1.165) is 0 Å². The fourth-order valence-electron chi connectivity index (χ4n) is 2.00. The number of carbonyl (C=O) groups excluding carboxylic acids is 1. The van der Waals surface area contributed by atoms with Crippen LogP contribution in [0.3, 0.4) is 0 Å². The van der Waals surface area contributed by atoms with Gasteiger partial charge in [0.2, 0.25) is 5.91 Å². The van der Waals surface area contributed by atoms with Crippen molar-refractivity contribution in [2.24, 2.45) is 0 Å². The maximum atomic E-state index is 12.1. The Kier molecular flexibility index (Phi) is 5.04. The van der Waals surface area contributed by atoms with Gasteiger partial charge >= 0.3 is 0 Å². The molecule has 24 heavy (non-hydrogen) atoms. The second kappa shape index (κ2) is 7.21. The first kappa shape index (κ1) is 16.8. The van der Waals surface area contributed by atoms with Crippen LogP contribution in [0.15, 0.2) is 47.0 Å². The first-order valence-electron chi connectivity index (χ1n) is 6.85. The number of hydrogen-bond acceptors (Lipinski definition) is 4. The molecule has 0 bridgehead atoms. The maximum absolute atomic E-state index is 12.1. The molecule has 5 nitrogen and oxygen atoms in total. The molecule has 3 aromatic rings. The summed E-state index contributed by atoms with van der Waals surface area (Å²) < 4.78 is 5.15. The summed E-state index contributed by atoms with van der Waals surface area (Å²) in [6.07, 6.45) is -0.0626. The number of amides is 1. The highest BCUT2D eigenvalue weighted by Gasteiger charge is 2.15. The molecule has 0 aliphatic carbocycles. The number of rotatable bonds is 4. The van der Waals surface area contributed by atoms with Gasteiger partial charge in [-0.05, 0) is 30.3 Å². The summed E-state index contributed by atoms with van der Waals surface area (Å²) in [5, 5.41) is 7.84. The Morgan fingerprint density at radius 2 is 1.88 bits per heavy atom. The molecule has 0 aliphatic rings. The third-order valence-corrected chi connectivity index (χ3v) is 3.99. The van der Waals surface area contributed by atoms with E-state index in [2.05, 4.69) is 15.5 Å². The van der Waals surface area contributed by atoms with Crippen molar-refractivity contribution in [3.63, 3.8) is 0 Å². The van der Waals surface area contributed by atoms with Crippen LogP contribution in [-0.4, -0.2) is 16.0 Å². The molecule has 0 fully saturated rings. The molecule has 8 heteroatoms. The molecule has 1 N–H and O–H groups in total. The predicted molar refractivity (Wildman–Crippen MR) is 93.5 cm³/mol. The molecule has 3 rings (SSSR count). The minimum atomic E-state index is -0.312. The largest absolute Gasteiger partial charge is 0.334 e. The van der Waals surface area contributed by atoms with Crippen molar-refractivity contribution in [3.05, 3.63) is 63.4 Å². The van der Waals surface area contributed by atoms with Crippen LogP contribution in [0.1, 0.15) is 5.82 Å². The fraction of sp³-hybridized carbons (Fsp3) is 0.0625. The van der Waals surface area contributed by atoms with Crippen LogP contribution in [0.4, 0.5) is 5.69 Å². The number of benzene rings is 2. The van der Waals surface area contributed by atoms with Crippen molar-refractivity contribution in [1.29, 1.82) is 0 Å². The van der Waals surface area contributed by atoms with Crippen molar-refractivity contribution in [2.45, 2.75) is 6.42 Å². The Morgan fingerprint density at radius 1 is 1.08 bits per heavy atom. The molecule has 1 amide bonds. The molecule has 0 saturated carbocycles. The van der Waals surface area contributed by atoms with Crippen LogP contribution in [0.2, 0.25) is 15.1 Å². The van der Waals surface area contributed by atoms with E-state index in [-0.39, 0.29) is 24.0 Å². The van der Waals surface area contributed by atoms with Crippen molar-refractivity contribution < 1.29 is 9.32 Å². The molecule has 2 aromatic carbocycles. The van der Waals surface area contributed by atoms with Crippen molar-refractivity contribution in [3.8, 4) is 11.5 Å². The fourth-order valence-corrected chi connectivity index (χ4v) is 2.55. The van der Waals surface area contributed by atoms with Crippen LogP contribution >= 0.6 is 34.8 Å². The number of anilines is 1. The minimum Gasteiger partial charge on any atom is -0.334 e. The number of nitrogens with zero attached hydrogens (tertiary/aromatic N) is 2. The summed E-state index contributed by atoms with van der Waals surface area (Å²) in [4.78, 5) is 16.2. The third-order valence-electron chi connectivity index (χ3n) is 3.09. The van der Waals surface area contributed by atoms with E-state index in [1.54, 1.807) is 42.5 Å². The molecule has 1 heterocycles. The van der Waals surface area contributed by atoms with Gasteiger partial charge in [0.05, 0.1) is 27.7 Å². The smallest absolute Gasteiger partial charge is 0.259 e. The van der Waals surface area contributed by atoms with Crippen molar-refractivity contribution >= 4 is 46.4 Å². The second-order valence-electron chi connectivity index (χ2n) is 4.84. The van der Waals surface area contributed by atoms with Gasteiger partial charge in [-0.1, -0.05) is 52.1 Å². The van der Waals surface area contributed by atoms with E-state index in [1.807, 2.05) is 0 Å². The highest BCUT2D eigenvalue weighted by atomic mass is 35.5. The standard InChI is InChI=1S/C16H10Cl3N3O2/c17-9-5-6-11(18)10(7-9)16-21-14(22-24-16)8-15(23)20-13-4-2-1-3-12(13)19/h1-7H,8H2,(H,20,23). The average Bonchev–Trinajstić information content (AvgIpc) is 3.00. The van der Waals surface area contributed by atoms with Gasteiger partial charge in [-0.25, -0.2) is 0 Å². The van der Waals surface area contributed by atoms with Crippen LogP contribution in [0, 0.1) is 0 Å². The van der Waals surface area contributed by atoms with E-state index >= 15 is 0 Å². The molecule has 1 aromatic heterocycles. The lowest BCUT2D eigenvalue weighted by molar-refractivity contribution is -0.115. The molecular weight excluding hydrogens is 373 g/mol. The first-order chi connectivity index (χ1) is 11.5. The van der Waals surface area contributed by atoms with E-state index in [0.29, 0.717) is 26.3 Å². The molecule has 122 valence electrons. The molecule has 0 spiro atoms. The summed E-state index contributed by atoms with van der Waals surface area (Å²) in [5.41, 5.74) is 1.03. The highest BCUT2D eigenvalue weighted by Crippen LogP contribution is 2.29. The quantitative estimate of drug-likeness (QED) is 0.698. The van der Waals surface area contributed by atoms with Gasteiger partial charge in [-0.2, -0.15) is 4.98 Å². The van der Waals surface area contributed by atoms with Crippen LogP contribution in [0.5, 0.6) is 0 Å². The van der Waals surface area contributed by atoms with Gasteiger partial charge in [-0.15, -0.1) is 0 Å². The Labute approximate surface area is 152 Å². The Bertz CT molecular complexity index is 896. The predicted octanol–water partition coefficient (Wildman–Crippen LogP) is 4.88. The van der Waals surface area contributed by atoms with E-state index in [9.17, 15) is 4.79 Å². The summed E-state index contributed by atoms with van der Waals surface area (Å²) in [6.45, 7) is 0. The monoisotopic (exact) mass is 381 g/mol. The molecule has 0 radical (unpaired) electrons. The number of carbonyl (C=O) groups is 1. The van der Waals surface area contributed by atoms with Crippen LogP contribution in [0.25, 0.3) is 11.5 Å². The number of hydrogen-bond donors (Lipinski definition) is 1. The van der Waals surface area contributed by atoms with Gasteiger partial charge in [0, 0.05) is 5.02 Å². The number of para-hydroxylation sites is 1. The van der Waals surface area contributed by atoms with Crippen LogP contribution in [-0.2, 0) is 11.2 Å². The highest BCUT2D eigenvalue weighted by molar-refractivity contribution is 6.35. The van der Waals surface area contributed by atoms with E-state index in [4.69, 9.17) is 39.3 Å². The van der Waals surface area contributed by atoms with E-state index < -0.39 is 0 Å². The molecule has 0 atom stereocenters. The van der Waals surface area contributed by atoms with Gasteiger partial charge in [-0.3, -0.25) is 4.79 Å². The first-order valence-corrected chi connectivity index (χ1v) is 7.98. The van der Waals surface area contributed by atoms with Crippen molar-refractivity contribution in [1.82, 2.24) is 10.1 Å². The molecule has 0 unspecified atom stereocenters. The topological polar surface area (TPSA) is 68.0 Å². The van der Waals surface area contributed by atoms with Gasteiger partial charge in [0.15, 0.2) is 5.82 Å². The van der Waals surface area contributed by atoms with Crippen LogP contribution < -0.4 is 5.32 Å². The maximum Gasteiger partial charge on any atom is 0.259 e. The lowest BCUT2D eigenvalue weighted by atomic mass is 10.2. The number of aromatic nitrogens is 2. The lowest BCUT2D eigenvalue weighted by Gasteiger charge is -2.04. The zero-order valence-corrected chi connectivity index (χ0v) is 14.4. The summed E-state index contributed by atoms with van der Waals surface area (Å²) in [6, 6.07) is 11.8. The minimum absolute atomic E-state index is 0.0626. The summed E-state index contributed by atoms with van der Waals surface area (Å²) in [5.74, 6) is 0.112. The Morgan fingerprint density at radius 3 is 2.67 bits per heavy atom. The zero-order valence-electron chi connectivity index (χ0n) is 12.1. The third kappa shape index (κ3) is 3.87. The normalized spacial score (nSPS) is 10.6. The molecule has 0 saturated heterocycles. The summed E-state index contributed by atoms with van der Waals surface area (Å²) in [7, 11) is 0. The van der Waals surface area contributed by atoms with Crippen molar-refractivity contribution in [2.75, 3.05) is 5.32 Å². The average molecular weight is 383 g/mol. The number of halogens is 3. The summed E-state index contributed by atoms with van der Waals surface area (Å²) >= 11 is 18.0. The van der Waals surface area contributed by atoms with E-state index in [1.165, 1.54) is 0 Å². The lowest BCUT2D eigenvalue weighted by Crippen LogP contribution is -2.15. The van der Waals surface area contributed by atoms with Gasteiger partial charge < -0.3 is 9.84 Å². The van der Waals surface area contributed by atoms with Gasteiger partial charge in [0.25, 0.3) is 5.89 Å².